The van der Waals surface area contributed by atoms with Crippen LogP contribution in [0.4, 0.5) is 11.4 Å². The Morgan fingerprint density at radius 1 is 1.14 bits per heavy atom. The maximum Gasteiger partial charge on any atom is 0.121 e. The fraction of sp³-hybridized carbons (Fsp3) is 0.600. The minimum absolute atomic E-state index is 0.500. The van der Waals surface area contributed by atoms with E-state index >= 15 is 0 Å². The van der Waals surface area contributed by atoms with Gasteiger partial charge in [-0.3, -0.25) is 0 Å². The summed E-state index contributed by atoms with van der Waals surface area (Å²) in [6.45, 7) is 5.45. The average Bonchev–Trinajstić information content (AvgIpc) is 2.52. The van der Waals surface area contributed by atoms with Crippen LogP contribution in [-0.2, 0) is 14.2 Å². The predicted octanol–water partition coefficient (Wildman–Crippen LogP) is 1.15. The molecule has 2 N–H and O–H groups in total. The molecule has 0 amide bonds. The van der Waals surface area contributed by atoms with Crippen LogP contribution in [0.25, 0.3) is 0 Å². The Kier molecular flexibility index (Phi) is 6.59. The molecule has 1 aromatic rings. The molecule has 6 heteroatoms. The average molecular weight is 296 g/mol. The first-order valence-electron chi connectivity index (χ1n) is 7.23. The van der Waals surface area contributed by atoms with Crippen LogP contribution < -0.4 is 15.4 Å². The number of benzene rings is 1. The molecule has 1 aliphatic rings. The van der Waals surface area contributed by atoms with E-state index in [9.17, 15) is 0 Å². The Morgan fingerprint density at radius 2 is 1.90 bits per heavy atom. The molecule has 1 aliphatic heterocycles. The number of nitrogens with zero attached hydrogens (tertiary/aromatic N) is 1. The van der Waals surface area contributed by atoms with Crippen LogP contribution in [0, 0.1) is 0 Å². The molecule has 0 radical (unpaired) electrons. The van der Waals surface area contributed by atoms with Crippen LogP contribution in [-0.4, -0.2) is 59.8 Å². The van der Waals surface area contributed by atoms with Crippen LogP contribution in [0.15, 0.2) is 18.2 Å². The summed E-state index contributed by atoms with van der Waals surface area (Å²) in [6, 6.07) is 5.80. The molecule has 1 aromatic carbocycles. The lowest BCUT2D eigenvalue weighted by molar-refractivity contribution is 0.0544. The van der Waals surface area contributed by atoms with Gasteiger partial charge in [-0.05, 0) is 12.1 Å². The Balaban J connectivity index is 1.78. The molecule has 0 saturated carbocycles. The van der Waals surface area contributed by atoms with E-state index < -0.39 is 0 Å². The van der Waals surface area contributed by atoms with Crippen molar-refractivity contribution in [3.63, 3.8) is 0 Å². The molecule has 118 valence electrons. The first-order valence-corrected chi connectivity index (χ1v) is 7.23. The Hall–Kier alpha value is -1.50. The zero-order valence-corrected chi connectivity index (χ0v) is 12.5. The summed E-state index contributed by atoms with van der Waals surface area (Å²) in [5.74, 6) is 0.764. The van der Waals surface area contributed by atoms with Gasteiger partial charge in [-0.15, -0.1) is 0 Å². The summed E-state index contributed by atoms with van der Waals surface area (Å²) in [6.07, 6.45) is 0. The number of hydrogen-bond acceptors (Lipinski definition) is 6. The van der Waals surface area contributed by atoms with Crippen LogP contribution in [0.2, 0.25) is 0 Å². The molecule has 0 aliphatic carbocycles. The quantitative estimate of drug-likeness (QED) is 0.573. The summed E-state index contributed by atoms with van der Waals surface area (Å²) in [7, 11) is 1.65. The number of hydrogen-bond donors (Lipinski definition) is 1. The monoisotopic (exact) mass is 296 g/mol. The van der Waals surface area contributed by atoms with E-state index in [1.54, 1.807) is 7.11 Å². The van der Waals surface area contributed by atoms with Gasteiger partial charge in [0, 0.05) is 26.3 Å². The van der Waals surface area contributed by atoms with E-state index in [-0.39, 0.29) is 0 Å². The lowest BCUT2D eigenvalue weighted by Gasteiger charge is -2.30. The van der Waals surface area contributed by atoms with Gasteiger partial charge >= 0.3 is 0 Å². The van der Waals surface area contributed by atoms with E-state index in [4.69, 9.17) is 24.7 Å². The highest BCUT2D eigenvalue weighted by Gasteiger charge is 2.14. The molecule has 2 rings (SSSR count). The van der Waals surface area contributed by atoms with Crippen molar-refractivity contribution in [3.8, 4) is 5.75 Å². The third-order valence-electron chi connectivity index (χ3n) is 3.28. The van der Waals surface area contributed by atoms with Crippen molar-refractivity contribution in [2.75, 3.05) is 70.5 Å². The van der Waals surface area contributed by atoms with Gasteiger partial charge in [0.25, 0.3) is 0 Å². The maximum atomic E-state index is 6.11. The minimum Gasteiger partial charge on any atom is -0.491 e. The van der Waals surface area contributed by atoms with Gasteiger partial charge in [-0.2, -0.15) is 0 Å². The minimum atomic E-state index is 0.500. The number of nitrogens with two attached hydrogens (primary N) is 1. The normalized spacial score (nSPS) is 15.2. The first-order chi connectivity index (χ1) is 10.3. The topological polar surface area (TPSA) is 66.2 Å². The summed E-state index contributed by atoms with van der Waals surface area (Å²) in [5, 5.41) is 0. The zero-order valence-electron chi connectivity index (χ0n) is 12.5. The SMILES string of the molecule is COCCOCCOc1ccc(N2CCOCC2)c(N)c1. The predicted molar refractivity (Wildman–Crippen MR) is 82.1 cm³/mol. The van der Waals surface area contributed by atoms with Crippen molar-refractivity contribution in [1.82, 2.24) is 0 Å². The second kappa shape index (κ2) is 8.71. The molecule has 21 heavy (non-hydrogen) atoms. The summed E-state index contributed by atoms with van der Waals surface area (Å²) in [5.41, 5.74) is 7.89. The number of rotatable bonds is 8. The second-order valence-corrected chi connectivity index (χ2v) is 4.77. The summed E-state index contributed by atoms with van der Waals surface area (Å²) >= 11 is 0. The highest BCUT2D eigenvalue weighted by atomic mass is 16.5. The molecule has 0 bridgehead atoms. The van der Waals surface area contributed by atoms with E-state index in [2.05, 4.69) is 4.90 Å². The van der Waals surface area contributed by atoms with Crippen LogP contribution in [0.3, 0.4) is 0 Å². The molecule has 0 unspecified atom stereocenters. The van der Waals surface area contributed by atoms with Crippen LogP contribution in [0.5, 0.6) is 5.75 Å². The lowest BCUT2D eigenvalue weighted by atomic mass is 10.2. The molecule has 1 fully saturated rings. The second-order valence-electron chi connectivity index (χ2n) is 4.77. The van der Waals surface area contributed by atoms with E-state index in [1.807, 2.05) is 18.2 Å². The van der Waals surface area contributed by atoms with Gasteiger partial charge in [-0.1, -0.05) is 0 Å². The molecular weight excluding hydrogens is 272 g/mol. The fourth-order valence-corrected chi connectivity index (χ4v) is 2.18. The number of methoxy groups -OCH3 is 1. The molecule has 1 saturated heterocycles. The zero-order chi connectivity index (χ0) is 14.9. The maximum absolute atomic E-state index is 6.11. The van der Waals surface area contributed by atoms with Gasteiger partial charge in [0.1, 0.15) is 12.4 Å². The number of morpholine rings is 1. The highest BCUT2D eigenvalue weighted by molar-refractivity contribution is 5.69. The van der Waals surface area contributed by atoms with Gasteiger partial charge in [0.15, 0.2) is 0 Å². The molecule has 0 aromatic heterocycles. The van der Waals surface area contributed by atoms with Crippen molar-refractivity contribution in [2.24, 2.45) is 0 Å². The van der Waals surface area contributed by atoms with E-state index in [0.717, 1.165) is 43.4 Å². The number of nitrogen functional groups attached to an aromatic ring is 1. The van der Waals surface area contributed by atoms with Crippen molar-refractivity contribution in [2.45, 2.75) is 0 Å². The first kappa shape index (κ1) is 15.9. The standard InChI is InChI=1S/C15H24N2O4/c1-18-8-9-20-10-11-21-13-2-3-15(14(16)12-13)17-4-6-19-7-5-17/h2-3,12H,4-11,16H2,1H3. The number of anilines is 2. The third-order valence-corrected chi connectivity index (χ3v) is 3.28. The van der Waals surface area contributed by atoms with Crippen molar-refractivity contribution < 1.29 is 18.9 Å². The van der Waals surface area contributed by atoms with Gasteiger partial charge < -0.3 is 29.6 Å². The number of ether oxygens (including phenoxy) is 4. The van der Waals surface area contributed by atoms with Crippen molar-refractivity contribution >= 4 is 11.4 Å². The summed E-state index contributed by atoms with van der Waals surface area (Å²) in [4.78, 5) is 2.23. The Bertz CT molecular complexity index is 422. The van der Waals surface area contributed by atoms with E-state index in [1.165, 1.54) is 0 Å². The molecule has 6 nitrogen and oxygen atoms in total. The highest BCUT2D eigenvalue weighted by Crippen LogP contribution is 2.28. The van der Waals surface area contributed by atoms with Crippen LogP contribution >= 0.6 is 0 Å². The Morgan fingerprint density at radius 3 is 2.62 bits per heavy atom. The van der Waals surface area contributed by atoms with Crippen molar-refractivity contribution in [1.29, 1.82) is 0 Å². The van der Waals surface area contributed by atoms with Gasteiger partial charge in [0.05, 0.1) is 44.4 Å². The molecule has 0 atom stereocenters. The molecule has 0 spiro atoms. The van der Waals surface area contributed by atoms with Gasteiger partial charge in [0.2, 0.25) is 0 Å². The summed E-state index contributed by atoms with van der Waals surface area (Å²) < 4.78 is 21.2. The van der Waals surface area contributed by atoms with E-state index in [0.29, 0.717) is 26.4 Å². The van der Waals surface area contributed by atoms with Crippen molar-refractivity contribution in [3.05, 3.63) is 18.2 Å². The smallest absolute Gasteiger partial charge is 0.121 e. The van der Waals surface area contributed by atoms with Gasteiger partial charge in [-0.25, -0.2) is 0 Å². The molecule has 1 heterocycles. The lowest BCUT2D eigenvalue weighted by Crippen LogP contribution is -2.36. The Labute approximate surface area is 125 Å². The van der Waals surface area contributed by atoms with Crippen LogP contribution in [0.1, 0.15) is 0 Å². The molecular formula is C15H24N2O4. The third kappa shape index (κ3) is 5.08. The fourth-order valence-electron chi connectivity index (χ4n) is 2.18. The largest absolute Gasteiger partial charge is 0.491 e.